The molecule has 0 heterocycles. The molecular formula is C18H21BrCl2N4S. The summed E-state index contributed by atoms with van der Waals surface area (Å²) in [7, 11) is 7.62. The number of rotatable bonds is 2. The van der Waals surface area contributed by atoms with Crippen LogP contribution in [-0.4, -0.2) is 49.1 Å². The standard InChI is InChI=1S/C18H20Cl2N4S.BrH/c1-22(2)17(21-15-9-5-7-13(19)11-15)24(18(25)23(3)4)16-10-6-8-14(20)12-16;/h5-12H,1-4H3;1H. The molecule has 0 spiro atoms. The third-order valence-electron chi connectivity index (χ3n) is 3.28. The van der Waals surface area contributed by atoms with Crippen LogP contribution in [0, 0.1) is 0 Å². The zero-order chi connectivity index (χ0) is 18.6. The second-order valence-electron chi connectivity index (χ2n) is 5.78. The number of thiocarbonyl (C=S) groups is 1. The van der Waals surface area contributed by atoms with Gasteiger partial charge in [-0.3, -0.25) is 4.90 Å². The van der Waals surface area contributed by atoms with Gasteiger partial charge in [0.15, 0.2) is 5.11 Å². The first-order valence-electron chi connectivity index (χ1n) is 7.58. The molecule has 0 saturated carbocycles. The van der Waals surface area contributed by atoms with Crippen molar-refractivity contribution in [2.45, 2.75) is 0 Å². The number of benzene rings is 2. The van der Waals surface area contributed by atoms with Crippen molar-refractivity contribution in [1.29, 1.82) is 0 Å². The Kier molecular flexibility index (Phi) is 8.83. The molecule has 0 bridgehead atoms. The lowest BCUT2D eigenvalue weighted by atomic mass is 10.3. The van der Waals surface area contributed by atoms with E-state index in [9.17, 15) is 0 Å². The van der Waals surface area contributed by atoms with Gasteiger partial charge in [-0.25, -0.2) is 4.99 Å². The van der Waals surface area contributed by atoms with Crippen LogP contribution in [0.4, 0.5) is 11.4 Å². The van der Waals surface area contributed by atoms with Crippen molar-refractivity contribution in [1.82, 2.24) is 9.80 Å². The molecule has 140 valence electrons. The van der Waals surface area contributed by atoms with Crippen LogP contribution in [0.3, 0.4) is 0 Å². The fraction of sp³-hybridized carbons (Fsp3) is 0.222. The molecule has 0 atom stereocenters. The van der Waals surface area contributed by atoms with Crippen LogP contribution in [0.2, 0.25) is 10.0 Å². The Morgan fingerprint density at radius 3 is 1.96 bits per heavy atom. The van der Waals surface area contributed by atoms with E-state index >= 15 is 0 Å². The maximum atomic E-state index is 6.18. The van der Waals surface area contributed by atoms with Crippen LogP contribution >= 0.6 is 52.4 Å². The van der Waals surface area contributed by atoms with Gasteiger partial charge in [0.2, 0.25) is 5.96 Å². The molecule has 0 amide bonds. The summed E-state index contributed by atoms with van der Waals surface area (Å²) >= 11 is 17.9. The largest absolute Gasteiger partial charge is 0.355 e. The predicted octanol–water partition coefficient (Wildman–Crippen LogP) is 5.47. The lowest BCUT2D eigenvalue weighted by Gasteiger charge is -2.33. The SMILES string of the molecule is Br.CN(C)C(=S)N(C(=Nc1cccc(Cl)c1)N(C)C)c1cccc(Cl)c1. The zero-order valence-electron chi connectivity index (χ0n) is 15.0. The summed E-state index contributed by atoms with van der Waals surface area (Å²) in [6.45, 7) is 0. The Morgan fingerprint density at radius 2 is 1.46 bits per heavy atom. The van der Waals surface area contributed by atoms with Gasteiger partial charge < -0.3 is 9.80 Å². The van der Waals surface area contributed by atoms with Gasteiger partial charge in [-0.05, 0) is 48.6 Å². The van der Waals surface area contributed by atoms with Crippen LogP contribution in [0.5, 0.6) is 0 Å². The average Bonchev–Trinajstić information content (AvgIpc) is 2.54. The van der Waals surface area contributed by atoms with Gasteiger partial charge in [0.25, 0.3) is 0 Å². The number of halogens is 3. The van der Waals surface area contributed by atoms with Gasteiger partial charge in [-0.1, -0.05) is 35.3 Å². The minimum Gasteiger partial charge on any atom is -0.355 e. The van der Waals surface area contributed by atoms with E-state index < -0.39 is 0 Å². The fourth-order valence-electron chi connectivity index (χ4n) is 2.14. The van der Waals surface area contributed by atoms with Crippen molar-refractivity contribution < 1.29 is 0 Å². The number of anilines is 1. The Bertz CT molecular complexity index is 796. The maximum Gasteiger partial charge on any atom is 0.212 e. The Balaban J connectivity index is 0.00000338. The fourth-order valence-corrected chi connectivity index (χ4v) is 2.69. The molecule has 0 aliphatic rings. The summed E-state index contributed by atoms with van der Waals surface area (Å²) in [5, 5.41) is 1.85. The van der Waals surface area contributed by atoms with Gasteiger partial charge >= 0.3 is 0 Å². The molecule has 4 nitrogen and oxygen atoms in total. The third kappa shape index (κ3) is 5.84. The number of nitrogens with zero attached hydrogens (tertiary/aromatic N) is 4. The first-order valence-corrected chi connectivity index (χ1v) is 8.74. The molecule has 0 aromatic heterocycles. The predicted molar refractivity (Wildman–Crippen MR) is 123 cm³/mol. The van der Waals surface area contributed by atoms with Crippen LogP contribution in [0.25, 0.3) is 0 Å². The monoisotopic (exact) mass is 474 g/mol. The minimum absolute atomic E-state index is 0. The third-order valence-corrected chi connectivity index (χ3v) is 4.30. The molecule has 0 fully saturated rings. The molecule has 2 aromatic rings. The van der Waals surface area contributed by atoms with Crippen molar-refractivity contribution in [2.24, 2.45) is 4.99 Å². The molecule has 0 saturated heterocycles. The molecule has 8 heteroatoms. The second-order valence-corrected chi connectivity index (χ2v) is 7.02. The van der Waals surface area contributed by atoms with Crippen molar-refractivity contribution in [3.05, 3.63) is 58.6 Å². The van der Waals surface area contributed by atoms with E-state index in [1.807, 2.05) is 85.4 Å². The van der Waals surface area contributed by atoms with Gasteiger partial charge in [0.1, 0.15) is 0 Å². The molecule has 0 aliphatic heterocycles. The van der Waals surface area contributed by atoms with Crippen molar-refractivity contribution in [2.75, 3.05) is 33.1 Å². The average molecular weight is 476 g/mol. The number of aliphatic imine (C=N–C) groups is 1. The number of hydrogen-bond donors (Lipinski definition) is 0. The van der Waals surface area contributed by atoms with Crippen molar-refractivity contribution in [3.63, 3.8) is 0 Å². The lowest BCUT2D eigenvalue weighted by molar-refractivity contribution is 0.594. The summed E-state index contributed by atoms with van der Waals surface area (Å²) in [6.07, 6.45) is 0. The quantitative estimate of drug-likeness (QED) is 0.326. The van der Waals surface area contributed by atoms with E-state index in [2.05, 4.69) is 0 Å². The van der Waals surface area contributed by atoms with E-state index in [1.165, 1.54) is 0 Å². The molecule has 0 N–H and O–H groups in total. The topological polar surface area (TPSA) is 22.1 Å². The molecule has 2 aromatic carbocycles. The summed E-state index contributed by atoms with van der Waals surface area (Å²) in [5.74, 6) is 0.656. The summed E-state index contributed by atoms with van der Waals surface area (Å²) in [6, 6.07) is 14.9. The molecule has 26 heavy (non-hydrogen) atoms. The Labute approximate surface area is 180 Å². The van der Waals surface area contributed by atoms with Crippen LogP contribution in [0.1, 0.15) is 0 Å². The van der Waals surface area contributed by atoms with E-state index in [4.69, 9.17) is 40.4 Å². The van der Waals surface area contributed by atoms with Crippen molar-refractivity contribution in [3.8, 4) is 0 Å². The molecule has 2 rings (SSSR count). The molecule has 0 aliphatic carbocycles. The number of guanidine groups is 1. The van der Waals surface area contributed by atoms with E-state index in [0.717, 1.165) is 11.4 Å². The zero-order valence-corrected chi connectivity index (χ0v) is 19.0. The molecule has 0 unspecified atom stereocenters. The highest BCUT2D eigenvalue weighted by Crippen LogP contribution is 2.24. The highest BCUT2D eigenvalue weighted by molar-refractivity contribution is 8.93. The van der Waals surface area contributed by atoms with Crippen LogP contribution in [0.15, 0.2) is 53.5 Å². The van der Waals surface area contributed by atoms with Crippen LogP contribution in [-0.2, 0) is 0 Å². The first kappa shape index (κ1) is 22.7. The maximum absolute atomic E-state index is 6.18. The highest BCUT2D eigenvalue weighted by Gasteiger charge is 2.22. The van der Waals surface area contributed by atoms with E-state index in [0.29, 0.717) is 21.1 Å². The van der Waals surface area contributed by atoms with Gasteiger partial charge in [0.05, 0.1) is 11.4 Å². The second kappa shape index (κ2) is 10.1. The smallest absolute Gasteiger partial charge is 0.212 e. The lowest BCUT2D eigenvalue weighted by Crippen LogP contribution is -2.48. The highest BCUT2D eigenvalue weighted by atomic mass is 79.9. The summed E-state index contributed by atoms with van der Waals surface area (Å²) < 4.78 is 0. The van der Waals surface area contributed by atoms with Gasteiger partial charge in [0, 0.05) is 38.2 Å². The normalized spacial score (nSPS) is 10.8. The molecular weight excluding hydrogens is 455 g/mol. The van der Waals surface area contributed by atoms with Gasteiger partial charge in [-0.2, -0.15) is 0 Å². The minimum atomic E-state index is 0. The molecule has 0 radical (unpaired) electrons. The summed E-state index contributed by atoms with van der Waals surface area (Å²) in [4.78, 5) is 10.4. The first-order chi connectivity index (χ1) is 11.8. The van der Waals surface area contributed by atoms with Crippen LogP contribution < -0.4 is 4.90 Å². The van der Waals surface area contributed by atoms with E-state index in [1.54, 1.807) is 6.07 Å². The summed E-state index contributed by atoms with van der Waals surface area (Å²) in [5.41, 5.74) is 1.57. The van der Waals surface area contributed by atoms with Crippen molar-refractivity contribution >= 4 is 74.8 Å². The van der Waals surface area contributed by atoms with Gasteiger partial charge in [-0.15, -0.1) is 17.0 Å². The Morgan fingerprint density at radius 1 is 0.885 bits per heavy atom. The Hall–Kier alpha value is -1.34. The number of hydrogen-bond acceptors (Lipinski definition) is 2. The van der Waals surface area contributed by atoms with E-state index in [-0.39, 0.29) is 17.0 Å².